The largest absolute Gasteiger partial charge is 0.335 e. The molecule has 0 bridgehead atoms. The molecule has 1 aromatic carbocycles. The molecule has 0 radical (unpaired) electrons. The molecule has 1 aromatic heterocycles. The van der Waals surface area contributed by atoms with E-state index in [0.29, 0.717) is 30.1 Å². The van der Waals surface area contributed by atoms with Gasteiger partial charge in [-0.2, -0.15) is 0 Å². The summed E-state index contributed by atoms with van der Waals surface area (Å²) in [6, 6.07) is 7.23. The second-order valence-electron chi connectivity index (χ2n) is 7.83. The van der Waals surface area contributed by atoms with Gasteiger partial charge in [0.05, 0.1) is 17.8 Å². The van der Waals surface area contributed by atoms with Gasteiger partial charge < -0.3 is 15.1 Å². The summed E-state index contributed by atoms with van der Waals surface area (Å²) in [6.45, 7) is 12.1. The number of piperazine rings is 1. The van der Waals surface area contributed by atoms with Crippen molar-refractivity contribution in [3.8, 4) is 0 Å². The van der Waals surface area contributed by atoms with Crippen LogP contribution in [0.2, 0.25) is 0 Å². The monoisotopic (exact) mass is 412 g/mol. The number of rotatable bonds is 3. The van der Waals surface area contributed by atoms with E-state index >= 15 is 0 Å². The van der Waals surface area contributed by atoms with E-state index in [1.54, 1.807) is 18.5 Å². The summed E-state index contributed by atoms with van der Waals surface area (Å²) in [7, 11) is 0. The van der Waals surface area contributed by atoms with Crippen LogP contribution < -0.4 is 5.32 Å². The van der Waals surface area contributed by atoms with E-state index in [9.17, 15) is 9.18 Å². The first-order valence-electron chi connectivity index (χ1n) is 9.77. The number of carbonyl (C=O) groups excluding carboxylic acids is 1. The van der Waals surface area contributed by atoms with Gasteiger partial charge in [-0.05, 0) is 32.4 Å². The predicted molar refractivity (Wildman–Crippen MR) is 116 cm³/mol. The summed E-state index contributed by atoms with van der Waals surface area (Å²) in [4.78, 5) is 22.2. The third-order valence-electron chi connectivity index (χ3n) is 5.42. The Morgan fingerprint density at radius 2 is 2.00 bits per heavy atom. The Morgan fingerprint density at radius 3 is 2.69 bits per heavy atom. The molecule has 0 saturated carbocycles. The average Bonchev–Trinajstić information content (AvgIpc) is 3.01. The third-order valence-corrected chi connectivity index (χ3v) is 6.60. The zero-order valence-corrected chi connectivity index (χ0v) is 17.7. The number of hydrogen-bond donors (Lipinski definition) is 1. The lowest BCUT2D eigenvalue weighted by Gasteiger charge is -2.36. The van der Waals surface area contributed by atoms with Crippen molar-refractivity contribution in [1.29, 1.82) is 0 Å². The van der Waals surface area contributed by atoms with E-state index in [1.807, 2.05) is 22.8 Å². The van der Waals surface area contributed by atoms with Crippen molar-refractivity contribution >= 4 is 34.3 Å². The molecule has 1 fully saturated rings. The number of benzene rings is 1. The fraction of sp³-hybridized carbons (Fsp3) is 0.364. The predicted octanol–water partition coefficient (Wildman–Crippen LogP) is 4.16. The van der Waals surface area contributed by atoms with Crippen LogP contribution in [0.15, 0.2) is 35.8 Å². The Labute approximate surface area is 174 Å². The molecule has 152 valence electrons. The maximum absolute atomic E-state index is 14.1. The van der Waals surface area contributed by atoms with Gasteiger partial charge in [-0.1, -0.05) is 24.8 Å². The van der Waals surface area contributed by atoms with Crippen molar-refractivity contribution in [3.63, 3.8) is 0 Å². The highest BCUT2D eigenvalue weighted by atomic mass is 32.1. The summed E-state index contributed by atoms with van der Waals surface area (Å²) >= 11 is 1.41. The highest BCUT2D eigenvalue weighted by Gasteiger charge is 2.31. The molecular weight excluding hydrogens is 387 g/mol. The maximum atomic E-state index is 14.1. The number of fused-ring (bicyclic) bond motifs is 1. The summed E-state index contributed by atoms with van der Waals surface area (Å²) in [5.41, 5.74) is 3.10. The topological polar surface area (TPSA) is 47.9 Å². The van der Waals surface area contributed by atoms with Crippen LogP contribution in [0.25, 0.3) is 5.70 Å². The van der Waals surface area contributed by atoms with Gasteiger partial charge in [-0.15, -0.1) is 11.3 Å². The van der Waals surface area contributed by atoms with Crippen molar-refractivity contribution < 1.29 is 9.18 Å². The summed E-state index contributed by atoms with van der Waals surface area (Å²) < 4.78 is 14.1. The molecular formula is C22H25FN4OS. The zero-order valence-electron chi connectivity index (χ0n) is 16.9. The van der Waals surface area contributed by atoms with E-state index in [2.05, 4.69) is 30.7 Å². The lowest BCUT2D eigenvalue weighted by Crippen LogP contribution is -2.55. The zero-order chi connectivity index (χ0) is 20.7. The average molecular weight is 413 g/mol. The Kier molecular flexibility index (Phi) is 5.27. The van der Waals surface area contributed by atoms with Crippen LogP contribution in [-0.4, -0.2) is 47.2 Å². The number of halogens is 1. The molecule has 2 aliphatic rings. The molecule has 7 heteroatoms. The van der Waals surface area contributed by atoms with Crippen LogP contribution in [0.3, 0.4) is 0 Å². The smallest absolute Gasteiger partial charge is 0.264 e. The summed E-state index contributed by atoms with van der Waals surface area (Å²) in [6.07, 6.45) is 1.68. The number of aliphatic imine (C=N–C) groups is 1. The lowest BCUT2D eigenvalue weighted by atomic mass is 10.1. The normalized spacial score (nSPS) is 21.4. The molecule has 1 saturated heterocycles. The molecule has 5 nitrogen and oxygen atoms in total. The molecule has 2 aliphatic heterocycles. The maximum Gasteiger partial charge on any atom is 0.264 e. The summed E-state index contributed by atoms with van der Waals surface area (Å²) in [5.74, 6) is -0.204. The molecule has 3 heterocycles. The van der Waals surface area contributed by atoms with Crippen molar-refractivity contribution in [3.05, 3.63) is 58.2 Å². The number of amides is 1. The lowest BCUT2D eigenvalue weighted by molar-refractivity contribution is 0.0678. The second kappa shape index (κ2) is 7.72. The van der Waals surface area contributed by atoms with Crippen LogP contribution in [0, 0.1) is 12.7 Å². The first kappa shape index (κ1) is 19.8. The van der Waals surface area contributed by atoms with Crippen molar-refractivity contribution in [2.75, 3.05) is 13.1 Å². The molecule has 2 unspecified atom stereocenters. The number of nitrogens with one attached hydrogen (secondary N) is 1. The number of nitrogens with zero attached hydrogens (tertiary/aromatic N) is 3. The van der Waals surface area contributed by atoms with Gasteiger partial charge in [0.1, 0.15) is 10.8 Å². The molecule has 0 aliphatic carbocycles. The van der Waals surface area contributed by atoms with Crippen LogP contribution >= 0.6 is 11.3 Å². The van der Waals surface area contributed by atoms with Gasteiger partial charge in [0, 0.05) is 42.0 Å². The van der Waals surface area contributed by atoms with Crippen LogP contribution in [-0.2, 0) is 6.54 Å². The SMILES string of the molecule is C=C1c2c(sc(C(=O)N3CC(C)NC(C)C3)c2C)N=CN1Cc1ccccc1F. The first-order chi connectivity index (χ1) is 13.8. The van der Waals surface area contributed by atoms with E-state index < -0.39 is 0 Å². The molecule has 0 spiro atoms. The van der Waals surface area contributed by atoms with E-state index in [0.717, 1.165) is 21.8 Å². The van der Waals surface area contributed by atoms with Gasteiger partial charge >= 0.3 is 0 Å². The highest BCUT2D eigenvalue weighted by molar-refractivity contribution is 7.18. The Balaban J connectivity index is 1.59. The molecule has 29 heavy (non-hydrogen) atoms. The molecule has 2 atom stereocenters. The van der Waals surface area contributed by atoms with Gasteiger partial charge in [-0.3, -0.25) is 4.79 Å². The fourth-order valence-electron chi connectivity index (χ4n) is 4.05. The van der Waals surface area contributed by atoms with Crippen molar-refractivity contribution in [2.45, 2.75) is 39.4 Å². The fourth-order valence-corrected chi connectivity index (χ4v) is 5.19. The number of hydrogen-bond acceptors (Lipinski definition) is 5. The number of carbonyl (C=O) groups is 1. The van der Waals surface area contributed by atoms with Gasteiger partial charge in [-0.25, -0.2) is 9.38 Å². The molecule has 1 N–H and O–H groups in total. The molecule has 1 amide bonds. The first-order valence-corrected chi connectivity index (χ1v) is 10.6. The Hall–Kier alpha value is -2.51. The van der Waals surface area contributed by atoms with Crippen LogP contribution in [0.1, 0.15) is 40.2 Å². The highest BCUT2D eigenvalue weighted by Crippen LogP contribution is 2.43. The minimum Gasteiger partial charge on any atom is -0.335 e. The number of thiophene rings is 1. The van der Waals surface area contributed by atoms with Crippen molar-refractivity contribution in [2.24, 2.45) is 4.99 Å². The Morgan fingerprint density at radius 1 is 1.31 bits per heavy atom. The van der Waals surface area contributed by atoms with E-state index in [1.165, 1.54) is 17.4 Å². The molecule has 4 rings (SSSR count). The van der Waals surface area contributed by atoms with Gasteiger partial charge in [0.15, 0.2) is 0 Å². The molecule has 2 aromatic rings. The van der Waals surface area contributed by atoms with Crippen LogP contribution in [0.5, 0.6) is 0 Å². The Bertz CT molecular complexity index is 989. The van der Waals surface area contributed by atoms with Gasteiger partial charge in [0.2, 0.25) is 0 Å². The second-order valence-corrected chi connectivity index (χ2v) is 8.82. The minimum absolute atomic E-state index is 0.0470. The van der Waals surface area contributed by atoms with Crippen molar-refractivity contribution in [1.82, 2.24) is 15.1 Å². The van der Waals surface area contributed by atoms with Gasteiger partial charge in [0.25, 0.3) is 5.91 Å². The quantitative estimate of drug-likeness (QED) is 0.823. The third kappa shape index (κ3) is 3.72. The summed E-state index contributed by atoms with van der Waals surface area (Å²) in [5, 5.41) is 4.24. The van der Waals surface area contributed by atoms with E-state index in [4.69, 9.17) is 0 Å². The van der Waals surface area contributed by atoms with E-state index in [-0.39, 0.29) is 23.8 Å². The van der Waals surface area contributed by atoms with Crippen LogP contribution in [0.4, 0.5) is 9.39 Å². The minimum atomic E-state index is -0.251. The standard InChI is InChI=1S/C22H25FN4OS/c1-13-9-26(10-14(2)25-13)22(28)20-15(3)19-16(4)27(12-24-21(19)29-20)11-17-7-5-6-8-18(17)23/h5-8,12-14,25H,4,9-11H2,1-3H3.